The van der Waals surface area contributed by atoms with Gasteiger partial charge in [0.05, 0.1) is 17.5 Å². The molecular formula is C23H20N2O5. The number of carbonyl (C=O) groups is 2. The molecule has 0 spiro atoms. The highest BCUT2D eigenvalue weighted by molar-refractivity contribution is 6.03. The van der Waals surface area contributed by atoms with Gasteiger partial charge >= 0.3 is 5.97 Å². The lowest BCUT2D eigenvalue weighted by Gasteiger charge is -2.19. The van der Waals surface area contributed by atoms with Crippen LogP contribution in [0.25, 0.3) is 0 Å². The summed E-state index contributed by atoms with van der Waals surface area (Å²) in [6, 6.07) is 16.8. The van der Waals surface area contributed by atoms with Crippen LogP contribution in [0.5, 0.6) is 5.75 Å². The van der Waals surface area contributed by atoms with Gasteiger partial charge in [-0.15, -0.1) is 0 Å². The summed E-state index contributed by atoms with van der Waals surface area (Å²) in [6.45, 7) is 1.53. The molecule has 1 amide bonds. The summed E-state index contributed by atoms with van der Waals surface area (Å²) in [5.41, 5.74) is 2.97. The van der Waals surface area contributed by atoms with E-state index in [9.17, 15) is 14.7 Å². The number of furan rings is 1. The van der Waals surface area contributed by atoms with Gasteiger partial charge in [-0.1, -0.05) is 35.9 Å². The van der Waals surface area contributed by atoms with E-state index in [0.29, 0.717) is 12.2 Å². The maximum Gasteiger partial charge on any atom is 0.338 e. The summed E-state index contributed by atoms with van der Waals surface area (Å²) in [4.78, 5) is 25.0. The van der Waals surface area contributed by atoms with Crippen molar-refractivity contribution in [3.05, 3.63) is 89.4 Å². The molecule has 1 aliphatic rings. The minimum absolute atomic E-state index is 0.0551. The van der Waals surface area contributed by atoms with E-state index in [1.807, 2.05) is 31.2 Å². The minimum atomic E-state index is -0.698. The van der Waals surface area contributed by atoms with Crippen molar-refractivity contribution in [1.29, 1.82) is 0 Å². The van der Waals surface area contributed by atoms with Crippen LogP contribution in [0.4, 0.5) is 0 Å². The van der Waals surface area contributed by atoms with Crippen molar-refractivity contribution in [2.75, 3.05) is 6.61 Å². The lowest BCUT2D eigenvalue weighted by molar-refractivity contribution is -0.136. The largest absolute Gasteiger partial charge is 0.508 e. The number of hydrogen-bond acceptors (Lipinski definition) is 6. The Morgan fingerprint density at radius 3 is 2.67 bits per heavy atom. The van der Waals surface area contributed by atoms with E-state index < -0.39 is 24.5 Å². The number of hydrazone groups is 1. The maximum absolute atomic E-state index is 12.8. The SMILES string of the molecule is Cc1ccc(C2=NN(C(=O)COC(=O)c3cccc(O)c3)[C@H](c3ccco3)C2)cc1. The number of hydrogen-bond donors (Lipinski definition) is 1. The third kappa shape index (κ3) is 4.10. The number of aryl methyl sites for hydroxylation is 1. The summed E-state index contributed by atoms with van der Waals surface area (Å²) < 4.78 is 10.6. The van der Waals surface area contributed by atoms with Gasteiger partial charge in [-0.3, -0.25) is 4.79 Å². The number of rotatable bonds is 5. The number of benzene rings is 2. The number of amides is 1. The normalized spacial score (nSPS) is 15.7. The molecule has 0 unspecified atom stereocenters. The van der Waals surface area contributed by atoms with E-state index in [0.717, 1.165) is 16.8 Å². The van der Waals surface area contributed by atoms with Crippen molar-refractivity contribution in [1.82, 2.24) is 5.01 Å². The van der Waals surface area contributed by atoms with Crippen LogP contribution in [-0.4, -0.2) is 34.3 Å². The van der Waals surface area contributed by atoms with Crippen molar-refractivity contribution in [3.8, 4) is 5.75 Å². The summed E-state index contributed by atoms with van der Waals surface area (Å²) in [6.07, 6.45) is 2.03. The summed E-state index contributed by atoms with van der Waals surface area (Å²) in [7, 11) is 0. The Morgan fingerprint density at radius 2 is 1.97 bits per heavy atom. The second-order valence-corrected chi connectivity index (χ2v) is 7.01. The van der Waals surface area contributed by atoms with E-state index in [1.165, 1.54) is 29.3 Å². The zero-order chi connectivity index (χ0) is 21.1. The smallest absolute Gasteiger partial charge is 0.338 e. The molecule has 0 saturated heterocycles. The van der Waals surface area contributed by atoms with Gasteiger partial charge in [0, 0.05) is 6.42 Å². The van der Waals surface area contributed by atoms with Crippen LogP contribution in [0.1, 0.15) is 39.7 Å². The molecule has 1 aromatic heterocycles. The molecule has 0 aliphatic carbocycles. The zero-order valence-corrected chi connectivity index (χ0v) is 16.3. The van der Waals surface area contributed by atoms with E-state index >= 15 is 0 Å². The Kier molecular flexibility index (Phi) is 5.34. The molecule has 2 aromatic carbocycles. The lowest BCUT2D eigenvalue weighted by Crippen LogP contribution is -2.31. The van der Waals surface area contributed by atoms with Gasteiger partial charge in [-0.05, 0) is 42.8 Å². The molecule has 2 heterocycles. The molecule has 7 heteroatoms. The Balaban J connectivity index is 1.51. The molecule has 0 saturated carbocycles. The first kappa shape index (κ1) is 19.4. The first-order valence-electron chi connectivity index (χ1n) is 9.47. The highest BCUT2D eigenvalue weighted by Gasteiger charge is 2.35. The molecule has 152 valence electrons. The fourth-order valence-electron chi connectivity index (χ4n) is 3.27. The van der Waals surface area contributed by atoms with Crippen LogP contribution in [-0.2, 0) is 9.53 Å². The van der Waals surface area contributed by atoms with E-state index in [-0.39, 0.29) is 11.3 Å². The van der Waals surface area contributed by atoms with Crippen molar-refractivity contribution in [3.63, 3.8) is 0 Å². The Labute approximate surface area is 173 Å². The molecule has 0 radical (unpaired) electrons. The Bertz CT molecular complexity index is 1090. The zero-order valence-electron chi connectivity index (χ0n) is 16.3. The lowest BCUT2D eigenvalue weighted by atomic mass is 10.0. The third-order valence-corrected chi connectivity index (χ3v) is 4.83. The van der Waals surface area contributed by atoms with E-state index in [2.05, 4.69) is 5.10 Å². The van der Waals surface area contributed by atoms with Crippen LogP contribution in [0.15, 0.2) is 76.4 Å². The first-order valence-corrected chi connectivity index (χ1v) is 9.47. The van der Waals surface area contributed by atoms with Gasteiger partial charge in [0.1, 0.15) is 17.6 Å². The molecule has 7 nitrogen and oxygen atoms in total. The third-order valence-electron chi connectivity index (χ3n) is 4.83. The average Bonchev–Trinajstić information content (AvgIpc) is 3.42. The Morgan fingerprint density at radius 1 is 1.17 bits per heavy atom. The number of phenols is 1. The van der Waals surface area contributed by atoms with Crippen LogP contribution in [0, 0.1) is 6.92 Å². The fraction of sp³-hybridized carbons (Fsp3) is 0.174. The van der Waals surface area contributed by atoms with Gasteiger partial charge < -0.3 is 14.3 Å². The number of carbonyl (C=O) groups excluding carboxylic acids is 2. The molecule has 0 fully saturated rings. The monoisotopic (exact) mass is 404 g/mol. The van der Waals surface area contributed by atoms with Gasteiger partial charge in [-0.25, -0.2) is 9.80 Å². The first-order chi connectivity index (χ1) is 14.5. The van der Waals surface area contributed by atoms with Crippen LogP contribution in [0.2, 0.25) is 0 Å². The van der Waals surface area contributed by atoms with Gasteiger partial charge in [0.2, 0.25) is 0 Å². The molecule has 1 atom stereocenters. The second-order valence-electron chi connectivity index (χ2n) is 7.01. The number of esters is 1. The Hall–Kier alpha value is -3.87. The molecule has 0 bridgehead atoms. The molecule has 3 aromatic rings. The topological polar surface area (TPSA) is 92.3 Å². The van der Waals surface area contributed by atoms with Crippen LogP contribution in [0.3, 0.4) is 0 Å². The van der Waals surface area contributed by atoms with Crippen LogP contribution >= 0.6 is 0 Å². The van der Waals surface area contributed by atoms with Gasteiger partial charge in [0.15, 0.2) is 6.61 Å². The molecule has 1 N–H and O–H groups in total. The second kappa shape index (κ2) is 8.24. The minimum Gasteiger partial charge on any atom is -0.508 e. The number of aromatic hydroxyl groups is 1. The highest BCUT2D eigenvalue weighted by Crippen LogP contribution is 2.33. The van der Waals surface area contributed by atoms with Crippen molar-refractivity contribution in [2.24, 2.45) is 5.10 Å². The average molecular weight is 404 g/mol. The number of ether oxygens (including phenoxy) is 1. The van der Waals surface area contributed by atoms with E-state index in [1.54, 1.807) is 18.4 Å². The fourth-order valence-corrected chi connectivity index (χ4v) is 3.27. The van der Waals surface area contributed by atoms with Crippen molar-refractivity contribution < 1.29 is 23.8 Å². The number of nitrogens with zero attached hydrogens (tertiary/aromatic N) is 2. The van der Waals surface area contributed by atoms with E-state index in [4.69, 9.17) is 9.15 Å². The summed E-state index contributed by atoms with van der Waals surface area (Å²) >= 11 is 0. The number of phenolic OH excluding ortho intramolecular Hbond substituents is 1. The predicted molar refractivity (Wildman–Crippen MR) is 109 cm³/mol. The molecule has 4 rings (SSSR count). The van der Waals surface area contributed by atoms with Gasteiger partial charge in [0.25, 0.3) is 5.91 Å². The molecular weight excluding hydrogens is 384 g/mol. The predicted octanol–water partition coefficient (Wildman–Crippen LogP) is 3.83. The standard InChI is InChI=1S/C23H20N2O5/c1-15-7-9-16(10-8-15)19-13-20(21-6-3-11-29-21)25(24-19)22(27)14-30-23(28)17-4-2-5-18(26)12-17/h2-12,20,26H,13-14H2,1H3/t20-/m0/s1. The maximum atomic E-state index is 12.8. The summed E-state index contributed by atoms with van der Waals surface area (Å²) in [5.74, 6) is -0.614. The highest BCUT2D eigenvalue weighted by atomic mass is 16.5. The molecule has 30 heavy (non-hydrogen) atoms. The summed E-state index contributed by atoms with van der Waals surface area (Å²) in [5, 5.41) is 15.3. The van der Waals surface area contributed by atoms with Gasteiger partial charge in [-0.2, -0.15) is 5.10 Å². The molecule has 1 aliphatic heterocycles. The van der Waals surface area contributed by atoms with Crippen molar-refractivity contribution >= 4 is 17.6 Å². The van der Waals surface area contributed by atoms with Crippen molar-refractivity contribution in [2.45, 2.75) is 19.4 Å². The quantitative estimate of drug-likeness (QED) is 0.653. The van der Waals surface area contributed by atoms with Crippen LogP contribution < -0.4 is 0 Å².